The van der Waals surface area contributed by atoms with Gasteiger partial charge in [-0.15, -0.1) is 0 Å². The van der Waals surface area contributed by atoms with Gasteiger partial charge in [-0.05, 0) is 36.5 Å². The lowest BCUT2D eigenvalue weighted by molar-refractivity contribution is -0.384. The summed E-state index contributed by atoms with van der Waals surface area (Å²) in [5.41, 5.74) is -0.100. The lowest BCUT2D eigenvalue weighted by atomic mass is 9.85. The van der Waals surface area contributed by atoms with E-state index >= 15 is 0 Å². The van der Waals surface area contributed by atoms with Gasteiger partial charge in [0, 0.05) is 17.7 Å². The minimum Gasteiger partial charge on any atom is -0.422 e. The van der Waals surface area contributed by atoms with Crippen LogP contribution in [-0.2, 0) is 9.59 Å². The van der Waals surface area contributed by atoms with Crippen molar-refractivity contribution in [1.82, 2.24) is 5.01 Å². The number of carbonyl (C=O) groups is 3. The molecule has 33 heavy (non-hydrogen) atoms. The molecule has 9 nitrogen and oxygen atoms in total. The number of rotatable bonds is 5. The molecule has 2 aromatic rings. The Labute approximate surface area is 192 Å². The van der Waals surface area contributed by atoms with Gasteiger partial charge in [0.25, 0.3) is 17.5 Å². The van der Waals surface area contributed by atoms with E-state index in [0.29, 0.717) is 0 Å². The topological polar surface area (TPSA) is 119 Å². The molecular weight excluding hydrogens is 450 g/mol. The van der Waals surface area contributed by atoms with Crippen molar-refractivity contribution >= 4 is 41.3 Å². The van der Waals surface area contributed by atoms with E-state index in [4.69, 9.17) is 16.3 Å². The van der Waals surface area contributed by atoms with Crippen LogP contribution in [0.5, 0.6) is 5.75 Å². The van der Waals surface area contributed by atoms with Crippen molar-refractivity contribution in [3.05, 3.63) is 80.9 Å². The number of hydrogen-bond donors (Lipinski definition) is 0. The van der Waals surface area contributed by atoms with Gasteiger partial charge in [-0.2, -0.15) is 10.1 Å². The second-order valence-corrected chi connectivity index (χ2v) is 8.49. The van der Waals surface area contributed by atoms with Gasteiger partial charge < -0.3 is 4.74 Å². The van der Waals surface area contributed by atoms with Crippen molar-refractivity contribution in [2.45, 2.75) is 6.42 Å². The summed E-state index contributed by atoms with van der Waals surface area (Å²) in [5, 5.41) is 16.3. The van der Waals surface area contributed by atoms with E-state index in [-0.39, 0.29) is 39.4 Å². The van der Waals surface area contributed by atoms with E-state index in [1.165, 1.54) is 24.3 Å². The van der Waals surface area contributed by atoms with Crippen molar-refractivity contribution in [2.24, 2.45) is 28.8 Å². The fraction of sp³-hybridized carbons (Fsp3) is 0.217. The number of hydrazone groups is 1. The van der Waals surface area contributed by atoms with Gasteiger partial charge in [0.2, 0.25) is 0 Å². The molecule has 1 saturated carbocycles. The lowest BCUT2D eigenvalue weighted by Gasteiger charge is -2.13. The van der Waals surface area contributed by atoms with Crippen LogP contribution in [0, 0.1) is 33.8 Å². The van der Waals surface area contributed by atoms with Gasteiger partial charge >= 0.3 is 5.97 Å². The summed E-state index contributed by atoms with van der Waals surface area (Å²) in [6.07, 6.45) is 5.85. The molecule has 0 N–H and O–H groups in total. The van der Waals surface area contributed by atoms with Crippen molar-refractivity contribution in [3.63, 3.8) is 0 Å². The largest absolute Gasteiger partial charge is 0.422 e. The third-order valence-electron chi connectivity index (χ3n) is 6.26. The predicted molar refractivity (Wildman–Crippen MR) is 117 cm³/mol. The molecule has 0 spiro atoms. The van der Waals surface area contributed by atoms with Crippen LogP contribution in [0.1, 0.15) is 22.3 Å². The molecule has 0 radical (unpaired) electrons. The van der Waals surface area contributed by atoms with E-state index < -0.39 is 34.5 Å². The highest BCUT2D eigenvalue weighted by atomic mass is 35.5. The first-order valence-corrected chi connectivity index (χ1v) is 10.6. The Morgan fingerprint density at radius 2 is 1.79 bits per heavy atom. The summed E-state index contributed by atoms with van der Waals surface area (Å²) in [7, 11) is 0. The summed E-state index contributed by atoms with van der Waals surface area (Å²) >= 11 is 6.04. The van der Waals surface area contributed by atoms with Gasteiger partial charge in [-0.3, -0.25) is 19.7 Å². The average Bonchev–Trinajstić information content (AvgIpc) is 3.47. The summed E-state index contributed by atoms with van der Waals surface area (Å²) in [6.45, 7) is 0. The Kier molecular flexibility index (Phi) is 5.05. The first-order valence-electron chi connectivity index (χ1n) is 10.2. The number of nitrogens with zero attached hydrogens (tertiary/aromatic N) is 3. The fourth-order valence-electron chi connectivity index (χ4n) is 4.75. The SMILES string of the molecule is O=C(Oc1ccc([N+](=O)[O-])cc1C=NN1C(=O)C2C3C=CC(C3)C2C1=O)c1ccccc1Cl. The minimum atomic E-state index is -0.769. The number of esters is 1. The zero-order valence-corrected chi connectivity index (χ0v) is 17.7. The number of ether oxygens (including phenoxy) is 1. The summed E-state index contributed by atoms with van der Waals surface area (Å²) in [5.74, 6) is -2.37. The Morgan fingerprint density at radius 1 is 1.12 bits per heavy atom. The number of imide groups is 1. The Morgan fingerprint density at radius 3 is 2.42 bits per heavy atom. The normalized spacial score (nSPS) is 25.2. The summed E-state index contributed by atoms with van der Waals surface area (Å²) < 4.78 is 5.40. The second kappa shape index (κ2) is 7.93. The molecule has 1 aliphatic heterocycles. The molecule has 166 valence electrons. The van der Waals surface area contributed by atoms with Crippen molar-refractivity contribution < 1.29 is 24.0 Å². The molecule has 5 rings (SSSR count). The highest BCUT2D eigenvalue weighted by Gasteiger charge is 2.59. The van der Waals surface area contributed by atoms with E-state index in [0.717, 1.165) is 23.7 Å². The molecule has 4 unspecified atom stereocenters. The molecular formula is C23H16ClN3O6. The molecule has 2 aliphatic carbocycles. The number of fused-ring (bicyclic) bond motifs is 5. The maximum absolute atomic E-state index is 12.8. The van der Waals surface area contributed by atoms with Gasteiger partial charge in [-0.1, -0.05) is 35.9 Å². The van der Waals surface area contributed by atoms with Crippen LogP contribution in [0.3, 0.4) is 0 Å². The molecule has 4 atom stereocenters. The zero-order chi connectivity index (χ0) is 23.3. The maximum Gasteiger partial charge on any atom is 0.345 e. The van der Waals surface area contributed by atoms with Crippen LogP contribution in [-0.4, -0.2) is 33.9 Å². The third kappa shape index (κ3) is 3.50. The monoisotopic (exact) mass is 465 g/mol. The zero-order valence-electron chi connectivity index (χ0n) is 17.0. The molecule has 0 aromatic heterocycles. The molecule has 2 fully saturated rings. The highest BCUT2D eigenvalue weighted by Crippen LogP contribution is 2.52. The number of hydrogen-bond acceptors (Lipinski definition) is 7. The van der Waals surface area contributed by atoms with Crippen LogP contribution in [0.25, 0.3) is 0 Å². The molecule has 3 aliphatic rings. The van der Waals surface area contributed by atoms with Crippen molar-refractivity contribution in [1.29, 1.82) is 0 Å². The van der Waals surface area contributed by atoms with E-state index in [1.54, 1.807) is 12.1 Å². The van der Waals surface area contributed by atoms with E-state index in [1.807, 2.05) is 12.2 Å². The van der Waals surface area contributed by atoms with E-state index in [2.05, 4.69) is 5.10 Å². The summed E-state index contributed by atoms with van der Waals surface area (Å²) in [6, 6.07) is 9.85. The van der Waals surface area contributed by atoms with Crippen LogP contribution in [0.2, 0.25) is 5.02 Å². The third-order valence-corrected chi connectivity index (χ3v) is 6.59. The van der Waals surface area contributed by atoms with Crippen molar-refractivity contribution in [3.8, 4) is 5.75 Å². The van der Waals surface area contributed by atoms with Crippen LogP contribution in [0.15, 0.2) is 59.7 Å². The number of nitro groups is 1. The van der Waals surface area contributed by atoms with Crippen LogP contribution in [0.4, 0.5) is 5.69 Å². The first kappa shape index (κ1) is 21.0. The number of allylic oxidation sites excluding steroid dienone is 2. The van der Waals surface area contributed by atoms with Crippen LogP contribution < -0.4 is 4.74 Å². The number of non-ortho nitro benzene ring substituents is 1. The molecule has 10 heteroatoms. The smallest absolute Gasteiger partial charge is 0.345 e. The van der Waals surface area contributed by atoms with E-state index in [9.17, 15) is 24.5 Å². The Balaban J connectivity index is 1.44. The summed E-state index contributed by atoms with van der Waals surface area (Å²) in [4.78, 5) is 48.8. The van der Waals surface area contributed by atoms with Crippen LogP contribution >= 0.6 is 11.6 Å². The maximum atomic E-state index is 12.8. The number of amides is 2. The number of benzene rings is 2. The quantitative estimate of drug-likeness (QED) is 0.126. The number of halogens is 1. The molecule has 1 heterocycles. The molecule has 2 aromatic carbocycles. The molecule has 2 amide bonds. The second-order valence-electron chi connectivity index (χ2n) is 8.08. The van der Waals surface area contributed by atoms with Gasteiger partial charge in [0.1, 0.15) is 5.75 Å². The average molecular weight is 466 g/mol. The lowest BCUT2D eigenvalue weighted by Crippen LogP contribution is -2.28. The first-order chi connectivity index (χ1) is 15.8. The van der Waals surface area contributed by atoms with Gasteiger partial charge in [0.15, 0.2) is 0 Å². The van der Waals surface area contributed by atoms with Gasteiger partial charge in [-0.25, -0.2) is 4.79 Å². The Bertz CT molecular complexity index is 1240. The predicted octanol–water partition coefficient (Wildman–Crippen LogP) is 3.61. The standard InChI is InChI=1S/C23H16ClN3O6/c24-17-4-2-1-3-16(17)23(30)33-18-8-7-15(27(31)32)10-14(18)11-25-26-21(28)19-12-5-6-13(9-12)20(19)22(26)29/h1-8,10-13,19-20H,9H2. The minimum absolute atomic E-state index is 0.0293. The molecule has 2 bridgehead atoms. The van der Waals surface area contributed by atoms with Gasteiger partial charge in [0.05, 0.1) is 33.6 Å². The highest BCUT2D eigenvalue weighted by molar-refractivity contribution is 6.33. The fourth-order valence-corrected chi connectivity index (χ4v) is 4.96. The van der Waals surface area contributed by atoms with Crippen molar-refractivity contribution in [2.75, 3.05) is 0 Å². The number of nitro benzene ring substituents is 1. The number of carbonyl (C=O) groups excluding carboxylic acids is 3. The Hall–Kier alpha value is -3.85. The molecule has 1 saturated heterocycles.